The van der Waals surface area contributed by atoms with Gasteiger partial charge in [0.25, 0.3) is 0 Å². The van der Waals surface area contributed by atoms with Gasteiger partial charge in [-0.25, -0.2) is 0 Å². The molecule has 0 N–H and O–H groups in total. The van der Waals surface area contributed by atoms with Gasteiger partial charge in [0.2, 0.25) is 0 Å². The first-order chi connectivity index (χ1) is 12.2. The lowest BCUT2D eigenvalue weighted by Gasteiger charge is -1.98. The highest BCUT2D eigenvalue weighted by atomic mass is 16.5. The lowest BCUT2D eigenvalue weighted by atomic mass is 10.1. The van der Waals surface area contributed by atoms with Crippen LogP contribution < -0.4 is 0 Å². The summed E-state index contributed by atoms with van der Waals surface area (Å²) in [6.07, 6.45) is 4.23. The molecule has 0 aromatic heterocycles. The van der Waals surface area contributed by atoms with Crippen LogP contribution in [0.1, 0.15) is 23.6 Å². The van der Waals surface area contributed by atoms with Gasteiger partial charge in [0.15, 0.2) is 0 Å². The summed E-state index contributed by atoms with van der Waals surface area (Å²) in [7, 11) is 0. The van der Waals surface area contributed by atoms with E-state index in [0.717, 1.165) is 12.0 Å². The molecule has 124 valence electrons. The molecule has 2 heteroatoms. The minimum Gasteiger partial charge on any atom is -0.435 e. The van der Waals surface area contributed by atoms with Gasteiger partial charge >= 0.3 is 5.97 Å². The Morgan fingerprint density at radius 2 is 1.32 bits per heavy atom. The molecule has 0 spiro atoms. The Hall–Kier alpha value is -3.13. The summed E-state index contributed by atoms with van der Waals surface area (Å²) in [6, 6.07) is 27.0. The molecule has 0 radical (unpaired) electrons. The first-order valence-corrected chi connectivity index (χ1v) is 8.29. The molecule has 0 unspecified atom stereocenters. The maximum absolute atomic E-state index is 10.4. The van der Waals surface area contributed by atoms with Gasteiger partial charge < -0.3 is 4.74 Å². The zero-order valence-electron chi connectivity index (χ0n) is 14.2. The molecule has 0 fully saturated rings. The summed E-state index contributed by atoms with van der Waals surface area (Å²) in [5, 5.41) is 0. The van der Waals surface area contributed by atoms with E-state index in [9.17, 15) is 4.79 Å². The number of benzene rings is 3. The van der Waals surface area contributed by atoms with Crippen molar-refractivity contribution < 1.29 is 9.53 Å². The van der Waals surface area contributed by atoms with Gasteiger partial charge in [-0.15, -0.1) is 0 Å². The first kappa shape index (κ1) is 16.7. The van der Waals surface area contributed by atoms with E-state index in [-0.39, 0.29) is 5.97 Å². The van der Waals surface area contributed by atoms with Crippen molar-refractivity contribution in [3.05, 3.63) is 102 Å². The van der Waals surface area contributed by atoms with Crippen molar-refractivity contribution in [2.45, 2.75) is 13.3 Å². The van der Waals surface area contributed by atoms with Crippen molar-refractivity contribution in [1.82, 2.24) is 0 Å². The fraction of sp³-hybridized carbons (Fsp3) is 0.0870. The highest BCUT2D eigenvalue weighted by Gasteiger charge is 2.15. The van der Waals surface area contributed by atoms with Crippen LogP contribution in [0.25, 0.3) is 17.2 Å². The van der Waals surface area contributed by atoms with E-state index in [4.69, 9.17) is 0 Å². The van der Waals surface area contributed by atoms with Crippen LogP contribution in [-0.2, 0) is 16.0 Å². The quantitative estimate of drug-likeness (QED) is 0.360. The maximum atomic E-state index is 10.4. The molecule has 0 atom stereocenters. The van der Waals surface area contributed by atoms with Crippen molar-refractivity contribution in [3.8, 4) is 11.1 Å². The Morgan fingerprint density at radius 1 is 0.800 bits per heavy atom. The Bertz CT molecular complexity index is 836. The fourth-order valence-electron chi connectivity index (χ4n) is 2.85. The maximum Gasteiger partial charge on any atom is 0.307 e. The van der Waals surface area contributed by atoms with E-state index < -0.39 is 0 Å². The minimum atomic E-state index is -0.304. The number of hydrogen-bond donors (Lipinski definition) is 0. The molecule has 2 nitrogen and oxygen atoms in total. The average Bonchev–Trinajstić information content (AvgIpc) is 3.02. The van der Waals surface area contributed by atoms with Crippen LogP contribution in [0.3, 0.4) is 0 Å². The molecular formula is C23H20O2. The van der Waals surface area contributed by atoms with Crippen LogP contribution in [0.2, 0.25) is 0 Å². The molecule has 1 aliphatic carbocycles. The zero-order valence-corrected chi connectivity index (χ0v) is 14.2. The summed E-state index contributed by atoms with van der Waals surface area (Å²) >= 11 is 0. The summed E-state index contributed by atoms with van der Waals surface area (Å²) in [6.45, 7) is 1.37. The first-order valence-electron chi connectivity index (χ1n) is 8.29. The summed E-state index contributed by atoms with van der Waals surface area (Å²) < 4.78 is 4.63. The van der Waals surface area contributed by atoms with Crippen LogP contribution in [0.5, 0.6) is 0 Å². The van der Waals surface area contributed by atoms with Gasteiger partial charge in [-0.05, 0) is 40.3 Å². The minimum absolute atomic E-state index is 0.304. The van der Waals surface area contributed by atoms with Crippen molar-refractivity contribution in [2.75, 3.05) is 0 Å². The number of carbonyl (C=O) groups is 1. The van der Waals surface area contributed by atoms with Crippen LogP contribution in [0, 0.1) is 0 Å². The topological polar surface area (TPSA) is 26.3 Å². The number of esters is 1. The molecular weight excluding hydrogens is 308 g/mol. The number of rotatable bonds is 2. The molecule has 3 aromatic rings. The molecule has 0 heterocycles. The van der Waals surface area contributed by atoms with Gasteiger partial charge in [0.1, 0.15) is 0 Å². The van der Waals surface area contributed by atoms with E-state index in [1.54, 1.807) is 6.08 Å². The third-order valence-corrected chi connectivity index (χ3v) is 4.00. The number of carbonyl (C=O) groups excluding carboxylic acids is 1. The standard InChI is InChI=1S/C13H10.C10H10O2/c1-3-7-12-10(5-1)9-11-6-2-4-8-13(11)12;1-9(11)12-8-7-10-5-3-2-4-6-10/h1-8H,9H2;2-8H,1H3. The molecule has 0 bridgehead atoms. The van der Waals surface area contributed by atoms with Gasteiger partial charge in [-0.1, -0.05) is 78.9 Å². The van der Waals surface area contributed by atoms with Gasteiger partial charge in [0.05, 0.1) is 6.26 Å². The third kappa shape index (κ3) is 4.45. The second-order valence-electron chi connectivity index (χ2n) is 5.81. The van der Waals surface area contributed by atoms with Crippen LogP contribution in [-0.4, -0.2) is 5.97 Å². The third-order valence-electron chi connectivity index (χ3n) is 4.00. The van der Waals surface area contributed by atoms with Crippen molar-refractivity contribution in [1.29, 1.82) is 0 Å². The molecule has 4 rings (SSSR count). The number of hydrogen-bond acceptors (Lipinski definition) is 2. The Labute approximate surface area is 148 Å². The predicted octanol–water partition coefficient (Wildman–Crippen LogP) is 5.48. The molecule has 0 saturated heterocycles. The van der Waals surface area contributed by atoms with E-state index in [1.807, 2.05) is 30.3 Å². The summed E-state index contributed by atoms with van der Waals surface area (Å²) in [5.74, 6) is -0.304. The van der Waals surface area contributed by atoms with E-state index in [2.05, 4.69) is 53.3 Å². The normalized spacial score (nSPS) is 11.2. The predicted molar refractivity (Wildman–Crippen MR) is 102 cm³/mol. The highest BCUT2D eigenvalue weighted by Crippen LogP contribution is 2.35. The Kier molecular flexibility index (Phi) is 5.43. The number of ether oxygens (including phenoxy) is 1. The monoisotopic (exact) mass is 328 g/mol. The smallest absolute Gasteiger partial charge is 0.307 e. The van der Waals surface area contributed by atoms with Crippen LogP contribution in [0.15, 0.2) is 85.1 Å². The lowest BCUT2D eigenvalue weighted by molar-refractivity contribution is -0.135. The van der Waals surface area contributed by atoms with Crippen LogP contribution in [0.4, 0.5) is 0 Å². The van der Waals surface area contributed by atoms with Gasteiger partial charge in [-0.2, -0.15) is 0 Å². The SMILES string of the molecule is CC(=O)OC=Cc1ccccc1.c1ccc2c(c1)Cc1ccccc1-2. The number of fused-ring (bicyclic) bond motifs is 3. The molecule has 0 aliphatic heterocycles. The molecule has 25 heavy (non-hydrogen) atoms. The molecule has 0 saturated carbocycles. The van der Waals surface area contributed by atoms with E-state index >= 15 is 0 Å². The van der Waals surface area contributed by atoms with Crippen molar-refractivity contribution in [2.24, 2.45) is 0 Å². The molecule has 3 aromatic carbocycles. The average molecular weight is 328 g/mol. The highest BCUT2D eigenvalue weighted by molar-refractivity contribution is 5.76. The van der Waals surface area contributed by atoms with Crippen LogP contribution >= 0.6 is 0 Å². The van der Waals surface area contributed by atoms with Gasteiger partial charge in [0, 0.05) is 6.92 Å². The molecule has 1 aliphatic rings. The largest absolute Gasteiger partial charge is 0.435 e. The molecule has 0 amide bonds. The second kappa shape index (κ2) is 8.11. The Morgan fingerprint density at radius 3 is 1.88 bits per heavy atom. The lowest BCUT2D eigenvalue weighted by Crippen LogP contribution is -1.88. The Balaban J connectivity index is 0.000000147. The zero-order chi connectivity index (χ0) is 17.5. The van der Waals surface area contributed by atoms with E-state index in [1.165, 1.54) is 35.4 Å². The van der Waals surface area contributed by atoms with Crippen molar-refractivity contribution >= 4 is 12.0 Å². The second-order valence-corrected chi connectivity index (χ2v) is 5.81. The van der Waals surface area contributed by atoms with E-state index in [0.29, 0.717) is 0 Å². The summed E-state index contributed by atoms with van der Waals surface area (Å²) in [5.41, 5.74) is 6.77. The van der Waals surface area contributed by atoms with Crippen molar-refractivity contribution in [3.63, 3.8) is 0 Å². The van der Waals surface area contributed by atoms with Gasteiger partial charge in [-0.3, -0.25) is 4.79 Å². The fourth-order valence-corrected chi connectivity index (χ4v) is 2.85. The summed E-state index contributed by atoms with van der Waals surface area (Å²) in [4.78, 5) is 10.4.